The number of imidazole rings is 1. The molecule has 1 aliphatic rings. The van der Waals surface area contributed by atoms with Crippen LogP contribution < -0.4 is 81.0 Å². The molecule has 7 rings (SSSR count). The summed E-state index contributed by atoms with van der Waals surface area (Å²) in [6.45, 7) is 10.1. The van der Waals surface area contributed by atoms with Gasteiger partial charge in [-0.1, -0.05) is 125 Å². The van der Waals surface area contributed by atoms with Gasteiger partial charge in [-0.2, -0.15) is 0 Å². The summed E-state index contributed by atoms with van der Waals surface area (Å²) in [6, 6.07) is -1.51. The molecule has 1 aliphatic heterocycles. The SMILES string of the molecule is CC[C@H](C)[C@H](NC(=O)[C@H](N)Cc1ccc(O)cc1)C(=O)N[C@H]1CSSC[C@@H](C(=O)N(C)[C@H](C(=O)O)[C@@H](C)CC)NC(=O)[C@H](CCCNC(=N)N)NC(=O)[C@H](Cc2c[nH]cn2)NC(=O)[C@H](C)NC(=O)CN(C)C(=O)[C@H](Cc2c[nH]c3ccccc23)NC(=O)[C@H](CC(=O)O)NC(=O)[C@H](CCC(N)=O)NC(=O)[C@H](Cc2cn(C)c3ccccc23)NC(=O)[C@H](C(C)C)NC1=O. The van der Waals surface area contributed by atoms with Crippen molar-refractivity contribution in [3.8, 4) is 5.75 Å². The summed E-state index contributed by atoms with van der Waals surface area (Å²) in [5.41, 5.74) is 20.6. The molecule has 1 saturated heterocycles. The smallest absolute Gasteiger partial charge is 0.326 e. The van der Waals surface area contributed by atoms with Gasteiger partial charge in [0.15, 0.2) is 5.96 Å². The number of aliphatic carboxylic acids is 2. The predicted octanol–water partition coefficient (Wildman–Crippen LogP) is -1.44. The molecule has 3 aromatic carbocycles. The Kier molecular flexibility index (Phi) is 38.1. The monoisotopic (exact) mass is 1790 g/mol. The zero-order valence-electron chi connectivity index (χ0n) is 71.8. The Balaban J connectivity index is 1.36. The third-order valence-corrected chi connectivity index (χ3v) is 24.0. The van der Waals surface area contributed by atoms with Crippen LogP contribution in [0.25, 0.3) is 21.8 Å². The van der Waals surface area contributed by atoms with Gasteiger partial charge in [0.1, 0.15) is 78.3 Å². The lowest BCUT2D eigenvalue weighted by Crippen LogP contribution is -2.62. The topological polar surface area (TPSA) is 636 Å². The molecule has 24 N–H and O–H groups in total. The molecular formula is C83H116N22O19S2. The average Bonchev–Trinajstić information content (AvgIpc) is 1.65. The van der Waals surface area contributed by atoms with E-state index < -0.39 is 234 Å². The van der Waals surface area contributed by atoms with Gasteiger partial charge in [-0.05, 0) is 91.3 Å². The summed E-state index contributed by atoms with van der Waals surface area (Å²) in [5, 5.41) is 71.3. The van der Waals surface area contributed by atoms with Crippen molar-refractivity contribution in [3.05, 3.63) is 120 Å². The molecule has 14 amide bonds. The molecule has 15 atom stereocenters. The van der Waals surface area contributed by atoms with Crippen LogP contribution in [0.2, 0.25) is 0 Å². The minimum Gasteiger partial charge on any atom is -0.508 e. The number of carbonyl (C=O) groups is 16. The van der Waals surface area contributed by atoms with Crippen molar-refractivity contribution in [2.75, 3.05) is 38.7 Å². The quantitative estimate of drug-likeness (QED) is 0.0111. The number of primary amides is 1. The maximum atomic E-state index is 15.5. The van der Waals surface area contributed by atoms with Crippen LogP contribution in [0.1, 0.15) is 116 Å². The van der Waals surface area contributed by atoms with E-state index in [-0.39, 0.29) is 69.4 Å². The van der Waals surface area contributed by atoms with Crippen molar-refractivity contribution in [2.24, 2.45) is 42.0 Å². The molecule has 3 aromatic heterocycles. The number of aromatic amines is 2. The maximum absolute atomic E-state index is 15.5. The second-order valence-electron chi connectivity index (χ2n) is 31.6. The number of amides is 14. The van der Waals surface area contributed by atoms with Crippen LogP contribution in [0.5, 0.6) is 5.75 Å². The van der Waals surface area contributed by atoms with Crippen LogP contribution in [0.4, 0.5) is 0 Å². The second-order valence-corrected chi connectivity index (χ2v) is 34.2. The predicted molar refractivity (Wildman–Crippen MR) is 468 cm³/mol. The largest absolute Gasteiger partial charge is 0.508 e. The number of hydrogen-bond donors (Lipinski definition) is 21. The van der Waals surface area contributed by atoms with E-state index in [1.807, 2.05) is 0 Å². The lowest BCUT2D eigenvalue weighted by Gasteiger charge is -2.33. The van der Waals surface area contributed by atoms with Gasteiger partial charge in [0, 0.05) is 105 Å². The highest BCUT2D eigenvalue weighted by Gasteiger charge is 2.41. The van der Waals surface area contributed by atoms with Crippen molar-refractivity contribution in [2.45, 2.75) is 198 Å². The first-order chi connectivity index (χ1) is 59.7. The van der Waals surface area contributed by atoms with Gasteiger partial charge in [-0.3, -0.25) is 77.3 Å². The lowest BCUT2D eigenvalue weighted by atomic mass is 9.97. The summed E-state index contributed by atoms with van der Waals surface area (Å²) < 4.78 is 1.74. The number of fused-ring (bicyclic) bond motifs is 2. The van der Waals surface area contributed by atoms with Crippen LogP contribution >= 0.6 is 21.6 Å². The number of carboxylic acids is 2. The Hall–Kier alpha value is -12.8. The minimum absolute atomic E-state index is 0.00398. The van der Waals surface area contributed by atoms with Crippen LogP contribution in [0, 0.1) is 23.2 Å². The lowest BCUT2D eigenvalue weighted by molar-refractivity contribution is -0.152. The van der Waals surface area contributed by atoms with E-state index in [1.54, 1.807) is 112 Å². The number of para-hydroxylation sites is 2. The van der Waals surface area contributed by atoms with Gasteiger partial charge < -0.3 is 121 Å². The van der Waals surface area contributed by atoms with Crippen molar-refractivity contribution in [1.82, 2.24) is 93.1 Å². The van der Waals surface area contributed by atoms with Crippen LogP contribution in [-0.2, 0) is 109 Å². The number of phenols is 1. The number of rotatable bonds is 29. The van der Waals surface area contributed by atoms with Crippen LogP contribution in [0.15, 0.2) is 97.7 Å². The van der Waals surface area contributed by atoms with E-state index in [2.05, 4.69) is 78.8 Å². The van der Waals surface area contributed by atoms with E-state index >= 15 is 28.8 Å². The highest BCUT2D eigenvalue weighted by molar-refractivity contribution is 8.76. The normalized spacial score (nSPS) is 21.9. The van der Waals surface area contributed by atoms with Gasteiger partial charge in [0.25, 0.3) is 0 Å². The van der Waals surface area contributed by atoms with E-state index in [0.29, 0.717) is 38.5 Å². The molecule has 0 spiro atoms. The summed E-state index contributed by atoms with van der Waals surface area (Å²) in [5.74, 6) is -21.0. The number of phenolic OH excluding ortho intramolecular Hbond substituents is 1. The summed E-state index contributed by atoms with van der Waals surface area (Å²) in [6.07, 6.45) is 2.70. The number of carboxylic acid groups (broad SMARTS) is 2. The van der Waals surface area contributed by atoms with E-state index in [9.17, 15) is 63.3 Å². The van der Waals surface area contributed by atoms with Crippen molar-refractivity contribution >= 4 is 144 Å². The average molecular weight is 1790 g/mol. The van der Waals surface area contributed by atoms with E-state index in [0.717, 1.165) is 31.4 Å². The number of nitrogens with zero attached hydrogens (tertiary/aromatic N) is 4. The molecule has 43 heteroatoms. The number of benzene rings is 3. The number of guanidine groups is 1. The number of carbonyl (C=O) groups excluding carboxylic acids is 14. The second kappa shape index (κ2) is 47.9. The van der Waals surface area contributed by atoms with E-state index in [1.165, 1.54) is 59.5 Å². The van der Waals surface area contributed by atoms with Crippen LogP contribution in [0.3, 0.4) is 0 Å². The highest BCUT2D eigenvalue weighted by Crippen LogP contribution is 2.28. The summed E-state index contributed by atoms with van der Waals surface area (Å²) in [7, 11) is 5.81. The minimum atomic E-state index is -2.08. The third kappa shape index (κ3) is 29.4. The molecule has 684 valence electrons. The Morgan fingerprint density at radius 2 is 1.23 bits per heavy atom. The molecule has 0 bridgehead atoms. The molecular weight excluding hydrogens is 1670 g/mol. The molecule has 1 fully saturated rings. The third-order valence-electron chi connectivity index (χ3n) is 21.6. The number of likely N-dealkylation sites (N-methyl/N-ethyl adjacent to an activating group) is 2. The summed E-state index contributed by atoms with van der Waals surface area (Å²) >= 11 is 0. The number of H-pyrrole nitrogens is 2. The van der Waals surface area contributed by atoms with Crippen molar-refractivity contribution in [3.63, 3.8) is 0 Å². The Morgan fingerprint density at radius 3 is 1.86 bits per heavy atom. The first-order valence-electron chi connectivity index (χ1n) is 41.2. The van der Waals surface area contributed by atoms with Gasteiger partial charge in [-0.25, -0.2) is 9.78 Å². The first-order valence-corrected chi connectivity index (χ1v) is 43.7. The van der Waals surface area contributed by atoms with Gasteiger partial charge in [-0.15, -0.1) is 0 Å². The number of hydrogen-bond acceptors (Lipinski definition) is 22. The van der Waals surface area contributed by atoms with Crippen molar-refractivity contribution < 1.29 is 92.0 Å². The zero-order valence-corrected chi connectivity index (χ0v) is 73.4. The van der Waals surface area contributed by atoms with Gasteiger partial charge >= 0.3 is 11.9 Å². The standard InChI is InChI=1S/C83H116N22O19S2/c1-11-43(5)68(102-71(112)53(84)30-46-23-25-50(106)26-24-46)79(120)99-61-39-125-126-40-62(81(122)105(10)69(82(123)124)44(6)12-2)100-72(113)55(21-17-29-89-83(86)87)93-75(116)58(33-49-36-88-41-91-49)95-70(111)45(7)92-65(108)38-104(9)80(121)60(31-47-35-90-54-20-15-13-18-51(47)54)98-76(117)59(34-66(109)110)96-73(114)56(27-28-64(85)107)94-74(115)57(97-78(119)67(42(3)4)101-77(61)118)32-48-37-103(8)63-22-16-14-19-52(48)63/h13-16,18-20,22-26,35-37,41-45,53,55-62,67-69,90,106H,11-12,17,21,27-34,38-40,84H2,1-10H3,(H2,85,107)(H,88,91)(H,92,108)(H,93,116)(H,94,115)(H,95,111)(H,96,114)(H,97,119)(H,98,117)(H,99,120)(H,100,113)(H,101,118)(H,102,112)(H,109,110)(H,123,124)(H4,86,87,89)/t43-,44-,45-,53+,55-,56-,57-,58-,59-,60-,61-,62-,67-,68-,69-/m0/s1. The molecule has 6 aromatic rings. The van der Waals surface area contributed by atoms with Gasteiger partial charge in [0.2, 0.25) is 82.7 Å². The fourth-order valence-electron chi connectivity index (χ4n) is 14.1. The molecule has 0 aliphatic carbocycles. The Bertz CT molecular complexity index is 4870. The fourth-order valence-corrected chi connectivity index (χ4v) is 16.4. The molecule has 41 nitrogen and oxygen atoms in total. The Labute approximate surface area is 735 Å². The molecule has 0 radical (unpaired) electrons. The van der Waals surface area contributed by atoms with Crippen molar-refractivity contribution in [1.29, 1.82) is 5.41 Å². The molecule has 4 heterocycles. The van der Waals surface area contributed by atoms with Crippen LogP contribution in [-0.4, -0.2) is 262 Å². The summed E-state index contributed by atoms with van der Waals surface area (Å²) in [4.78, 5) is 244. The highest BCUT2D eigenvalue weighted by atomic mass is 33.1. The Morgan fingerprint density at radius 1 is 0.651 bits per heavy atom. The fraction of sp³-hybridized carbons (Fsp3) is 0.494. The number of aromatic hydroxyl groups is 1. The number of nitrogens with one attached hydrogen (secondary N) is 15. The molecule has 126 heavy (non-hydrogen) atoms. The van der Waals surface area contributed by atoms with Gasteiger partial charge in [0.05, 0.1) is 31.0 Å². The molecule has 0 unspecified atom stereocenters. The van der Waals surface area contributed by atoms with E-state index in [4.69, 9.17) is 22.6 Å². The number of aryl methyl sites for hydroxylation is 1. The maximum Gasteiger partial charge on any atom is 0.326 e. The zero-order chi connectivity index (χ0) is 92.9. The molecule has 0 saturated carbocycles. The number of aromatic nitrogens is 4. The number of nitrogens with two attached hydrogens (primary N) is 3. The first kappa shape index (κ1) is 100.